The van der Waals surface area contributed by atoms with E-state index in [1.807, 2.05) is 30.3 Å². The summed E-state index contributed by atoms with van der Waals surface area (Å²) < 4.78 is 3.26. The van der Waals surface area contributed by atoms with Crippen molar-refractivity contribution >= 4 is 17.8 Å². The highest BCUT2D eigenvalue weighted by molar-refractivity contribution is 6.16. The number of allylic oxidation sites excluding steroid dienone is 1. The van der Waals surface area contributed by atoms with Crippen molar-refractivity contribution in [2.45, 2.75) is 13.3 Å². The predicted molar refractivity (Wildman–Crippen MR) is 81.5 cm³/mol. The third-order valence-electron chi connectivity index (χ3n) is 3.78. The molecule has 1 fully saturated rings. The fourth-order valence-corrected chi connectivity index (χ4v) is 2.52. The fourth-order valence-electron chi connectivity index (χ4n) is 2.52. The van der Waals surface area contributed by atoms with Crippen LogP contribution in [-0.2, 0) is 16.6 Å². The van der Waals surface area contributed by atoms with Crippen LogP contribution in [0.5, 0.6) is 0 Å². The molecule has 1 aliphatic rings. The van der Waals surface area contributed by atoms with Crippen LogP contribution in [0.15, 0.2) is 40.8 Å². The van der Waals surface area contributed by atoms with E-state index in [1.165, 1.54) is 10.8 Å². The maximum absolute atomic E-state index is 12.7. The molecule has 2 heterocycles. The highest BCUT2D eigenvalue weighted by Gasteiger charge is 2.25. The van der Waals surface area contributed by atoms with Crippen molar-refractivity contribution in [3.05, 3.63) is 57.6 Å². The molecule has 0 bridgehead atoms. The summed E-state index contributed by atoms with van der Waals surface area (Å²) in [6, 6.07) is 9.24. The summed E-state index contributed by atoms with van der Waals surface area (Å²) in [5.41, 5.74) is 1.81. The Morgan fingerprint density at radius 1 is 1.14 bits per heavy atom. The maximum Gasteiger partial charge on any atom is 0.279 e. The summed E-state index contributed by atoms with van der Waals surface area (Å²) in [5.74, 6) is -0.632. The number of carbonyl (C=O) groups excluding carboxylic acids is 2. The summed E-state index contributed by atoms with van der Waals surface area (Å²) in [4.78, 5) is 35.6. The Bertz CT molecular complexity index is 857. The van der Waals surface area contributed by atoms with E-state index >= 15 is 0 Å². The molecule has 3 rings (SSSR count). The first kappa shape index (κ1) is 14.1. The van der Waals surface area contributed by atoms with Crippen molar-refractivity contribution in [2.75, 3.05) is 0 Å². The zero-order valence-electron chi connectivity index (χ0n) is 12.3. The number of Topliss-reactive ketones (excluding diaryl/α,β-unsaturated/α-hetero) is 1. The Kier molecular flexibility index (Phi) is 3.29. The second kappa shape index (κ2) is 5.14. The van der Waals surface area contributed by atoms with Crippen LogP contribution in [0.3, 0.4) is 0 Å². The third kappa shape index (κ3) is 2.18. The summed E-state index contributed by atoms with van der Waals surface area (Å²) in [7, 11) is 1.78. The fraction of sp³-hybridized carbons (Fsp3) is 0.188. The van der Waals surface area contributed by atoms with E-state index in [0.29, 0.717) is 5.56 Å². The van der Waals surface area contributed by atoms with Gasteiger partial charge in [0.2, 0.25) is 5.91 Å². The molecule has 0 radical (unpaired) electrons. The van der Waals surface area contributed by atoms with Gasteiger partial charge in [0.1, 0.15) is 0 Å². The number of carbonyl (C=O) groups is 2. The molecule has 0 unspecified atom stereocenters. The lowest BCUT2D eigenvalue weighted by atomic mass is 10.2. The number of aromatic nitrogens is 2. The maximum atomic E-state index is 12.7. The first-order chi connectivity index (χ1) is 10.5. The lowest BCUT2D eigenvalue weighted by Gasteiger charge is -2.07. The molecule has 22 heavy (non-hydrogen) atoms. The van der Waals surface area contributed by atoms with Crippen LogP contribution >= 0.6 is 0 Å². The van der Waals surface area contributed by atoms with E-state index in [0.717, 1.165) is 11.4 Å². The van der Waals surface area contributed by atoms with Gasteiger partial charge < -0.3 is 5.32 Å². The first-order valence-corrected chi connectivity index (χ1v) is 6.88. The number of rotatable bonds is 2. The number of hydrogen-bond acceptors (Lipinski definition) is 3. The number of nitrogens with zero attached hydrogens (tertiary/aromatic N) is 2. The average Bonchev–Trinajstić information content (AvgIpc) is 2.92. The molecule has 0 aliphatic carbocycles. The molecule has 112 valence electrons. The summed E-state index contributed by atoms with van der Waals surface area (Å²) in [6.45, 7) is 1.80. The highest BCUT2D eigenvalue weighted by Crippen LogP contribution is 2.15. The zero-order chi connectivity index (χ0) is 15.9. The quantitative estimate of drug-likeness (QED) is 0.661. The molecule has 1 aromatic carbocycles. The Morgan fingerprint density at radius 3 is 2.41 bits per heavy atom. The Labute approximate surface area is 126 Å². The predicted octanol–water partition coefficient (Wildman–Crippen LogP) is 0.914. The third-order valence-corrected chi connectivity index (χ3v) is 3.78. The molecule has 1 aromatic heterocycles. The minimum absolute atomic E-state index is 0.162. The van der Waals surface area contributed by atoms with Crippen LogP contribution in [0.1, 0.15) is 17.7 Å². The molecule has 1 aliphatic heterocycles. The molecule has 1 N–H and O–H groups in total. The van der Waals surface area contributed by atoms with E-state index < -0.39 is 0 Å². The first-order valence-electron chi connectivity index (χ1n) is 6.88. The largest absolute Gasteiger partial charge is 0.323 e. The molecule has 0 atom stereocenters. The van der Waals surface area contributed by atoms with Crippen LogP contribution in [0.25, 0.3) is 11.8 Å². The van der Waals surface area contributed by atoms with Gasteiger partial charge in [-0.3, -0.25) is 19.1 Å². The van der Waals surface area contributed by atoms with Crippen LogP contribution in [0, 0.1) is 6.92 Å². The van der Waals surface area contributed by atoms with Gasteiger partial charge in [-0.05, 0) is 25.1 Å². The molecule has 1 amide bonds. The average molecular weight is 297 g/mol. The lowest BCUT2D eigenvalue weighted by Crippen LogP contribution is -2.20. The van der Waals surface area contributed by atoms with Crippen molar-refractivity contribution in [1.82, 2.24) is 14.7 Å². The van der Waals surface area contributed by atoms with Gasteiger partial charge in [-0.2, -0.15) is 0 Å². The molecular formula is C16H15N3O3. The number of amides is 1. The van der Waals surface area contributed by atoms with Crippen molar-refractivity contribution in [3.8, 4) is 5.69 Å². The molecule has 2 aromatic rings. The van der Waals surface area contributed by atoms with Crippen molar-refractivity contribution in [3.63, 3.8) is 0 Å². The molecule has 6 heteroatoms. The molecule has 1 saturated heterocycles. The number of nitrogens with one attached hydrogen (secondary N) is 1. The normalized spacial score (nSPS) is 16.4. The second-order valence-electron chi connectivity index (χ2n) is 5.18. The summed E-state index contributed by atoms with van der Waals surface area (Å²) in [5, 5.41) is 2.49. The zero-order valence-corrected chi connectivity index (χ0v) is 12.3. The molecule has 0 saturated carbocycles. The number of benzene rings is 1. The van der Waals surface area contributed by atoms with Crippen LogP contribution in [0.4, 0.5) is 0 Å². The second-order valence-corrected chi connectivity index (χ2v) is 5.18. The Balaban J connectivity index is 2.16. The van der Waals surface area contributed by atoms with Gasteiger partial charge in [0.25, 0.3) is 5.56 Å². The number of para-hydroxylation sites is 1. The van der Waals surface area contributed by atoms with Gasteiger partial charge in [0.15, 0.2) is 5.78 Å². The Morgan fingerprint density at radius 2 is 1.82 bits per heavy atom. The van der Waals surface area contributed by atoms with E-state index in [4.69, 9.17) is 0 Å². The lowest BCUT2D eigenvalue weighted by molar-refractivity contribution is -0.121. The SMILES string of the molecule is Cc1c(/C=C2/NC(=O)CC2=O)c(=O)n(-c2ccccc2)n1C. The minimum Gasteiger partial charge on any atom is -0.323 e. The highest BCUT2D eigenvalue weighted by atomic mass is 16.2. The van der Waals surface area contributed by atoms with Gasteiger partial charge in [0.05, 0.1) is 23.4 Å². The van der Waals surface area contributed by atoms with Crippen LogP contribution < -0.4 is 10.9 Å². The van der Waals surface area contributed by atoms with Gasteiger partial charge in [-0.15, -0.1) is 0 Å². The van der Waals surface area contributed by atoms with Crippen LogP contribution in [-0.4, -0.2) is 21.1 Å². The summed E-state index contributed by atoms with van der Waals surface area (Å²) >= 11 is 0. The van der Waals surface area contributed by atoms with E-state index in [9.17, 15) is 14.4 Å². The van der Waals surface area contributed by atoms with E-state index in [1.54, 1.807) is 18.7 Å². The Hall–Kier alpha value is -2.89. The molecule has 0 spiro atoms. The minimum atomic E-state index is -0.340. The van der Waals surface area contributed by atoms with E-state index in [-0.39, 0.29) is 29.4 Å². The number of ketones is 1. The van der Waals surface area contributed by atoms with Gasteiger partial charge in [-0.1, -0.05) is 18.2 Å². The van der Waals surface area contributed by atoms with Gasteiger partial charge in [0, 0.05) is 12.7 Å². The number of hydrogen-bond donors (Lipinski definition) is 1. The smallest absolute Gasteiger partial charge is 0.279 e. The van der Waals surface area contributed by atoms with Crippen LogP contribution in [0.2, 0.25) is 0 Å². The molecule has 6 nitrogen and oxygen atoms in total. The van der Waals surface area contributed by atoms with Crippen molar-refractivity contribution < 1.29 is 9.59 Å². The standard InChI is InChI=1S/C16H15N3O3/c1-10-12(8-13-14(20)9-15(21)17-13)16(22)19(18(10)2)11-6-4-3-5-7-11/h3-8H,9H2,1-2H3,(H,17,21)/b13-8+. The van der Waals surface area contributed by atoms with Crippen molar-refractivity contribution in [1.29, 1.82) is 0 Å². The summed E-state index contributed by atoms with van der Waals surface area (Å²) in [6.07, 6.45) is 1.30. The van der Waals surface area contributed by atoms with Crippen molar-refractivity contribution in [2.24, 2.45) is 7.05 Å². The topological polar surface area (TPSA) is 73.1 Å². The van der Waals surface area contributed by atoms with Gasteiger partial charge >= 0.3 is 0 Å². The van der Waals surface area contributed by atoms with E-state index in [2.05, 4.69) is 5.32 Å². The molecular weight excluding hydrogens is 282 g/mol. The monoisotopic (exact) mass is 297 g/mol. The van der Waals surface area contributed by atoms with Gasteiger partial charge in [-0.25, -0.2) is 4.68 Å².